The molecule has 2 atom stereocenters. The van der Waals surface area contributed by atoms with Gasteiger partial charge in [0.2, 0.25) is 0 Å². The van der Waals surface area contributed by atoms with E-state index in [0.717, 1.165) is 12.8 Å². The van der Waals surface area contributed by atoms with Gasteiger partial charge < -0.3 is 5.11 Å². The van der Waals surface area contributed by atoms with Crippen LogP contribution < -0.4 is 0 Å². The van der Waals surface area contributed by atoms with Crippen molar-refractivity contribution in [3.63, 3.8) is 0 Å². The fourth-order valence-electron chi connectivity index (χ4n) is 3.66. The van der Waals surface area contributed by atoms with Crippen molar-refractivity contribution in [1.29, 1.82) is 0 Å². The van der Waals surface area contributed by atoms with Crippen molar-refractivity contribution in [3.8, 4) is 0 Å². The summed E-state index contributed by atoms with van der Waals surface area (Å²) in [5.41, 5.74) is 0.0759. The van der Waals surface area contributed by atoms with Crippen molar-refractivity contribution in [3.05, 3.63) is 39.9 Å². The summed E-state index contributed by atoms with van der Waals surface area (Å²) in [5.74, 6) is 0.428. The highest BCUT2D eigenvalue weighted by molar-refractivity contribution is 5.75. The summed E-state index contributed by atoms with van der Waals surface area (Å²) < 4.78 is 0. The molecular weight excluding hydrogens is 258 g/mol. The van der Waals surface area contributed by atoms with E-state index in [9.17, 15) is 20.0 Å². The monoisotopic (exact) mass is 275 g/mol. The molecular formula is C15H17NO4. The highest BCUT2D eigenvalue weighted by Crippen LogP contribution is 2.61. The predicted molar refractivity (Wildman–Crippen MR) is 72.3 cm³/mol. The number of para-hydroxylation sites is 1. The molecule has 0 aromatic heterocycles. The number of aliphatic carboxylic acids is 1. The van der Waals surface area contributed by atoms with E-state index in [1.54, 1.807) is 18.2 Å². The molecule has 2 fully saturated rings. The number of carbonyl (C=O) groups is 1. The van der Waals surface area contributed by atoms with Crippen LogP contribution in [0.2, 0.25) is 0 Å². The number of aryl methyl sites for hydroxylation is 1. The smallest absolute Gasteiger partial charge is 0.309 e. The number of hydrogen-bond donors (Lipinski definition) is 1. The summed E-state index contributed by atoms with van der Waals surface area (Å²) in [4.78, 5) is 22.2. The van der Waals surface area contributed by atoms with Gasteiger partial charge in [-0.2, -0.15) is 0 Å². The number of nitrogens with zero attached hydrogens (tertiary/aromatic N) is 1. The molecule has 1 aromatic carbocycles. The Morgan fingerprint density at radius 1 is 1.35 bits per heavy atom. The van der Waals surface area contributed by atoms with Crippen LogP contribution >= 0.6 is 0 Å². The molecule has 0 bridgehead atoms. The van der Waals surface area contributed by atoms with Gasteiger partial charge >= 0.3 is 5.97 Å². The zero-order valence-corrected chi connectivity index (χ0v) is 11.1. The largest absolute Gasteiger partial charge is 0.481 e. The first-order valence-corrected chi connectivity index (χ1v) is 6.97. The molecule has 1 aromatic rings. The van der Waals surface area contributed by atoms with Gasteiger partial charge in [0, 0.05) is 11.6 Å². The zero-order chi connectivity index (χ0) is 14.3. The lowest BCUT2D eigenvalue weighted by atomic mass is 9.78. The fourth-order valence-corrected chi connectivity index (χ4v) is 3.66. The lowest BCUT2D eigenvalue weighted by Gasteiger charge is -2.25. The number of carboxylic acids is 1. The highest BCUT2D eigenvalue weighted by atomic mass is 16.6. The standard InChI is InChI=1S/C15H17NO4/c17-14(18)15(8-11-7-12(11)9-15)6-5-10-3-1-2-4-13(10)16(19)20/h1-4,11-12H,5-9H2,(H,17,18). The second kappa shape index (κ2) is 4.58. The molecule has 2 aliphatic carbocycles. The van der Waals surface area contributed by atoms with Crippen LogP contribution in [0.15, 0.2) is 24.3 Å². The third kappa shape index (κ3) is 2.17. The molecule has 1 N–H and O–H groups in total. The minimum absolute atomic E-state index is 0.0937. The molecule has 5 nitrogen and oxygen atoms in total. The lowest BCUT2D eigenvalue weighted by molar-refractivity contribution is -0.385. The third-order valence-corrected chi connectivity index (χ3v) is 4.89. The van der Waals surface area contributed by atoms with Gasteiger partial charge in [0.1, 0.15) is 0 Å². The Bertz CT molecular complexity index is 559. The maximum Gasteiger partial charge on any atom is 0.309 e. The molecule has 0 saturated heterocycles. The second-order valence-electron chi connectivity index (χ2n) is 6.14. The molecule has 106 valence electrons. The van der Waals surface area contributed by atoms with Crippen LogP contribution in [-0.2, 0) is 11.2 Å². The summed E-state index contributed by atoms with van der Waals surface area (Å²) in [5, 5.41) is 20.5. The molecule has 0 spiro atoms. The topological polar surface area (TPSA) is 80.4 Å². The molecule has 0 radical (unpaired) electrons. The average Bonchev–Trinajstić information content (AvgIpc) is 3.04. The first-order valence-electron chi connectivity index (χ1n) is 6.97. The Kier molecular flexibility index (Phi) is 3.00. The van der Waals surface area contributed by atoms with Crippen molar-refractivity contribution in [2.45, 2.75) is 32.1 Å². The van der Waals surface area contributed by atoms with E-state index in [0.29, 0.717) is 30.2 Å². The molecule has 20 heavy (non-hydrogen) atoms. The third-order valence-electron chi connectivity index (χ3n) is 4.89. The van der Waals surface area contributed by atoms with Crippen molar-refractivity contribution in [2.24, 2.45) is 17.3 Å². The van der Waals surface area contributed by atoms with Gasteiger partial charge in [0.15, 0.2) is 0 Å². The number of nitro groups is 1. The first-order chi connectivity index (χ1) is 9.52. The van der Waals surface area contributed by atoms with Gasteiger partial charge in [0.05, 0.1) is 10.3 Å². The van der Waals surface area contributed by atoms with Crippen molar-refractivity contribution < 1.29 is 14.8 Å². The number of hydrogen-bond acceptors (Lipinski definition) is 3. The first kappa shape index (κ1) is 13.1. The minimum Gasteiger partial charge on any atom is -0.481 e. The van der Waals surface area contributed by atoms with Gasteiger partial charge in [-0.25, -0.2) is 0 Å². The van der Waals surface area contributed by atoms with Crippen LogP contribution in [0.4, 0.5) is 5.69 Å². The van der Waals surface area contributed by atoms with E-state index in [-0.39, 0.29) is 5.69 Å². The number of carboxylic acid groups (broad SMARTS) is 1. The summed E-state index contributed by atoms with van der Waals surface area (Å²) in [6.45, 7) is 0. The van der Waals surface area contributed by atoms with Crippen LogP contribution in [0.3, 0.4) is 0 Å². The molecule has 0 amide bonds. The maximum atomic E-state index is 11.6. The van der Waals surface area contributed by atoms with Gasteiger partial charge in [-0.1, -0.05) is 18.2 Å². The summed E-state index contributed by atoms with van der Waals surface area (Å²) in [6, 6.07) is 6.61. The lowest BCUT2D eigenvalue weighted by Crippen LogP contribution is -2.30. The fraction of sp³-hybridized carbons (Fsp3) is 0.533. The Hall–Kier alpha value is -1.91. The molecule has 2 unspecified atom stereocenters. The van der Waals surface area contributed by atoms with Crippen LogP contribution in [0.5, 0.6) is 0 Å². The minimum atomic E-state index is -0.733. The van der Waals surface area contributed by atoms with Crippen molar-refractivity contribution in [2.75, 3.05) is 0 Å². The molecule has 2 saturated carbocycles. The van der Waals surface area contributed by atoms with Gasteiger partial charge in [0.25, 0.3) is 5.69 Å². The number of fused-ring (bicyclic) bond motifs is 1. The summed E-state index contributed by atoms with van der Waals surface area (Å²) in [7, 11) is 0. The number of benzene rings is 1. The second-order valence-corrected chi connectivity index (χ2v) is 6.14. The van der Waals surface area contributed by atoms with Crippen LogP contribution in [-0.4, -0.2) is 16.0 Å². The van der Waals surface area contributed by atoms with E-state index in [4.69, 9.17) is 0 Å². The predicted octanol–water partition coefficient (Wildman–Crippen LogP) is 3.03. The molecule has 0 aliphatic heterocycles. The molecule has 5 heteroatoms. The van der Waals surface area contributed by atoms with Crippen LogP contribution in [0.25, 0.3) is 0 Å². The van der Waals surface area contributed by atoms with E-state index in [1.165, 1.54) is 12.5 Å². The van der Waals surface area contributed by atoms with E-state index < -0.39 is 16.3 Å². The number of nitro benzene ring substituents is 1. The summed E-state index contributed by atoms with van der Waals surface area (Å²) >= 11 is 0. The molecule has 0 heterocycles. The number of rotatable bonds is 5. The van der Waals surface area contributed by atoms with Gasteiger partial charge in [-0.15, -0.1) is 0 Å². The molecule has 2 aliphatic rings. The highest BCUT2D eigenvalue weighted by Gasteiger charge is 2.57. The van der Waals surface area contributed by atoms with Gasteiger partial charge in [-0.05, 0) is 43.9 Å². The summed E-state index contributed by atoms with van der Waals surface area (Å²) in [6.07, 6.45) is 3.62. The maximum absolute atomic E-state index is 11.6. The van der Waals surface area contributed by atoms with E-state index in [1.807, 2.05) is 0 Å². The van der Waals surface area contributed by atoms with Crippen molar-refractivity contribution in [1.82, 2.24) is 0 Å². The SMILES string of the molecule is O=C(O)C1(CCc2ccccc2[N+](=O)[O-])CC2CC2C1. The van der Waals surface area contributed by atoms with Crippen LogP contribution in [0.1, 0.15) is 31.2 Å². The normalized spacial score (nSPS) is 30.8. The quantitative estimate of drug-likeness (QED) is 0.661. The zero-order valence-electron chi connectivity index (χ0n) is 11.1. The Labute approximate surface area is 116 Å². The van der Waals surface area contributed by atoms with E-state index >= 15 is 0 Å². The average molecular weight is 275 g/mol. The van der Waals surface area contributed by atoms with Gasteiger partial charge in [-0.3, -0.25) is 14.9 Å². The Morgan fingerprint density at radius 2 is 2.00 bits per heavy atom. The Balaban J connectivity index is 1.75. The molecule has 3 rings (SSSR count). The van der Waals surface area contributed by atoms with Crippen LogP contribution in [0, 0.1) is 27.4 Å². The van der Waals surface area contributed by atoms with E-state index in [2.05, 4.69) is 0 Å². The van der Waals surface area contributed by atoms with Crippen molar-refractivity contribution >= 4 is 11.7 Å². The Morgan fingerprint density at radius 3 is 2.60 bits per heavy atom.